The van der Waals surface area contributed by atoms with Gasteiger partial charge in [0.25, 0.3) is 0 Å². The molecule has 0 saturated heterocycles. The van der Waals surface area contributed by atoms with Crippen LogP contribution in [-0.2, 0) is 0 Å². The summed E-state index contributed by atoms with van der Waals surface area (Å²) in [6, 6.07) is 4.71. The summed E-state index contributed by atoms with van der Waals surface area (Å²) in [7, 11) is 0. The van der Waals surface area contributed by atoms with Crippen LogP contribution in [-0.4, -0.2) is 16.0 Å². The van der Waals surface area contributed by atoms with E-state index < -0.39 is 0 Å². The van der Waals surface area contributed by atoms with E-state index in [1.54, 1.807) is 12.1 Å². The van der Waals surface area contributed by atoms with Crippen LogP contribution >= 0.6 is 11.6 Å². The minimum absolute atomic E-state index is 0.0914. The highest BCUT2D eigenvalue weighted by atomic mass is 35.5. The van der Waals surface area contributed by atoms with Crippen molar-refractivity contribution in [2.45, 2.75) is 32.6 Å². The molecule has 0 aliphatic heterocycles. The van der Waals surface area contributed by atoms with Gasteiger partial charge in [0.05, 0.1) is 5.71 Å². The maximum absolute atomic E-state index is 9.64. The lowest BCUT2D eigenvalue weighted by atomic mass is 10.0. The maximum Gasteiger partial charge on any atom is 0.124 e. The van der Waals surface area contributed by atoms with E-state index in [4.69, 9.17) is 16.8 Å². The third-order valence-electron chi connectivity index (χ3n) is 2.41. The smallest absolute Gasteiger partial charge is 0.124 e. The lowest BCUT2D eigenvalue weighted by molar-refractivity contribution is 0.317. The molecule has 1 aromatic rings. The number of aromatic hydroxyl groups is 1. The van der Waals surface area contributed by atoms with Gasteiger partial charge in [0.1, 0.15) is 5.75 Å². The second kappa shape index (κ2) is 6.38. The molecule has 0 aliphatic rings. The van der Waals surface area contributed by atoms with Crippen molar-refractivity contribution < 1.29 is 10.3 Å². The van der Waals surface area contributed by atoms with Crippen LogP contribution in [0.5, 0.6) is 5.75 Å². The molecule has 0 amide bonds. The molecule has 0 saturated carbocycles. The number of benzene rings is 1. The molecule has 0 heterocycles. The van der Waals surface area contributed by atoms with Crippen LogP contribution in [0.4, 0.5) is 0 Å². The Morgan fingerprint density at radius 1 is 1.38 bits per heavy atom. The zero-order valence-corrected chi connectivity index (χ0v) is 10.0. The monoisotopic (exact) mass is 241 g/mol. The fourth-order valence-electron chi connectivity index (χ4n) is 1.52. The van der Waals surface area contributed by atoms with Crippen molar-refractivity contribution in [2.75, 3.05) is 0 Å². The first-order chi connectivity index (χ1) is 7.69. The number of rotatable bonds is 5. The van der Waals surface area contributed by atoms with Crippen molar-refractivity contribution in [3.05, 3.63) is 28.8 Å². The normalized spacial score (nSPS) is 11.8. The lowest BCUT2D eigenvalue weighted by Crippen LogP contribution is -2.01. The van der Waals surface area contributed by atoms with E-state index in [-0.39, 0.29) is 5.75 Å². The summed E-state index contributed by atoms with van der Waals surface area (Å²) in [5.74, 6) is 0.0914. The molecule has 0 unspecified atom stereocenters. The highest BCUT2D eigenvalue weighted by molar-refractivity contribution is 6.31. The Bertz CT molecular complexity index is 377. The van der Waals surface area contributed by atoms with Crippen LogP contribution in [0.15, 0.2) is 23.4 Å². The predicted octanol–water partition coefficient (Wildman–Crippen LogP) is 3.80. The van der Waals surface area contributed by atoms with E-state index in [0.29, 0.717) is 22.7 Å². The predicted molar refractivity (Wildman–Crippen MR) is 65.6 cm³/mol. The zero-order chi connectivity index (χ0) is 12.0. The molecule has 0 fully saturated rings. The van der Waals surface area contributed by atoms with Gasteiger partial charge in [-0.25, -0.2) is 0 Å². The highest BCUT2D eigenvalue weighted by Crippen LogP contribution is 2.24. The SMILES string of the molecule is CCCCC/C(=N/O)c1cc(Cl)ccc1O. The Balaban J connectivity index is 2.83. The summed E-state index contributed by atoms with van der Waals surface area (Å²) in [4.78, 5) is 0. The van der Waals surface area contributed by atoms with Gasteiger partial charge in [0, 0.05) is 10.6 Å². The molecule has 3 nitrogen and oxygen atoms in total. The van der Waals surface area contributed by atoms with Crippen LogP contribution in [0.25, 0.3) is 0 Å². The average Bonchev–Trinajstić information content (AvgIpc) is 2.28. The van der Waals surface area contributed by atoms with Crippen LogP contribution < -0.4 is 0 Å². The Labute approximate surface area is 100 Å². The van der Waals surface area contributed by atoms with E-state index in [1.165, 1.54) is 6.07 Å². The minimum Gasteiger partial charge on any atom is -0.507 e. The van der Waals surface area contributed by atoms with Gasteiger partial charge >= 0.3 is 0 Å². The summed E-state index contributed by atoms with van der Waals surface area (Å²) in [6.45, 7) is 2.10. The number of hydrogen-bond donors (Lipinski definition) is 2. The first kappa shape index (κ1) is 12.8. The van der Waals surface area contributed by atoms with Crippen molar-refractivity contribution in [1.82, 2.24) is 0 Å². The van der Waals surface area contributed by atoms with Crippen molar-refractivity contribution in [1.29, 1.82) is 0 Å². The van der Waals surface area contributed by atoms with Crippen molar-refractivity contribution in [2.24, 2.45) is 5.16 Å². The van der Waals surface area contributed by atoms with Gasteiger partial charge in [-0.2, -0.15) is 0 Å². The molecule has 2 N–H and O–H groups in total. The van der Waals surface area contributed by atoms with E-state index in [2.05, 4.69) is 12.1 Å². The van der Waals surface area contributed by atoms with Crippen molar-refractivity contribution in [3.63, 3.8) is 0 Å². The van der Waals surface area contributed by atoms with E-state index >= 15 is 0 Å². The second-order valence-electron chi connectivity index (χ2n) is 3.67. The average molecular weight is 242 g/mol. The van der Waals surface area contributed by atoms with Gasteiger partial charge in [0.15, 0.2) is 0 Å². The molecule has 0 atom stereocenters. The fourth-order valence-corrected chi connectivity index (χ4v) is 1.69. The number of phenols is 1. The number of hydrogen-bond acceptors (Lipinski definition) is 3. The number of halogens is 1. The first-order valence-corrected chi connectivity index (χ1v) is 5.76. The Kier molecular flexibility index (Phi) is 5.12. The minimum atomic E-state index is 0.0914. The van der Waals surface area contributed by atoms with Gasteiger partial charge in [0.2, 0.25) is 0 Å². The number of oxime groups is 1. The van der Waals surface area contributed by atoms with E-state index in [0.717, 1.165) is 19.3 Å². The van der Waals surface area contributed by atoms with Gasteiger partial charge in [-0.05, 0) is 31.0 Å². The van der Waals surface area contributed by atoms with E-state index in [1.807, 2.05) is 0 Å². The van der Waals surface area contributed by atoms with Crippen molar-refractivity contribution in [3.8, 4) is 5.75 Å². The molecular weight excluding hydrogens is 226 g/mol. The zero-order valence-electron chi connectivity index (χ0n) is 9.28. The summed E-state index contributed by atoms with van der Waals surface area (Å²) in [5, 5.41) is 22.3. The summed E-state index contributed by atoms with van der Waals surface area (Å²) >= 11 is 5.83. The lowest BCUT2D eigenvalue weighted by Gasteiger charge is -2.07. The Morgan fingerprint density at radius 3 is 2.75 bits per heavy atom. The second-order valence-corrected chi connectivity index (χ2v) is 4.10. The van der Waals surface area contributed by atoms with Gasteiger partial charge in [-0.1, -0.05) is 36.5 Å². The Hall–Kier alpha value is -1.22. The molecule has 0 bridgehead atoms. The molecule has 0 aromatic heterocycles. The summed E-state index contributed by atoms with van der Waals surface area (Å²) < 4.78 is 0. The maximum atomic E-state index is 9.64. The Morgan fingerprint density at radius 2 is 2.12 bits per heavy atom. The van der Waals surface area contributed by atoms with Gasteiger partial charge < -0.3 is 10.3 Å². The molecular formula is C12H16ClNO2. The third-order valence-corrected chi connectivity index (χ3v) is 2.64. The molecule has 0 spiro atoms. The summed E-state index contributed by atoms with van der Waals surface area (Å²) in [5.41, 5.74) is 0.986. The standard InChI is InChI=1S/C12H16ClNO2/c1-2-3-4-5-11(14-16)10-8-9(13)6-7-12(10)15/h6-8,15-16H,2-5H2,1H3/b14-11-. The molecule has 88 valence electrons. The molecule has 1 rings (SSSR count). The van der Waals surface area contributed by atoms with E-state index in [9.17, 15) is 5.11 Å². The number of phenolic OH excluding ortho intramolecular Hbond substituents is 1. The van der Waals surface area contributed by atoms with Gasteiger partial charge in [-0.15, -0.1) is 0 Å². The van der Waals surface area contributed by atoms with Crippen LogP contribution in [0.3, 0.4) is 0 Å². The number of nitrogens with zero attached hydrogens (tertiary/aromatic N) is 1. The van der Waals surface area contributed by atoms with Crippen LogP contribution in [0.2, 0.25) is 5.02 Å². The van der Waals surface area contributed by atoms with Crippen molar-refractivity contribution >= 4 is 17.3 Å². The summed E-state index contributed by atoms with van der Waals surface area (Å²) in [6.07, 6.45) is 3.74. The number of unbranched alkanes of at least 4 members (excludes halogenated alkanes) is 2. The molecule has 0 aliphatic carbocycles. The topological polar surface area (TPSA) is 52.8 Å². The largest absolute Gasteiger partial charge is 0.507 e. The highest BCUT2D eigenvalue weighted by Gasteiger charge is 2.10. The molecule has 4 heteroatoms. The fraction of sp³-hybridized carbons (Fsp3) is 0.417. The quantitative estimate of drug-likeness (QED) is 0.357. The first-order valence-electron chi connectivity index (χ1n) is 5.38. The molecule has 1 aromatic carbocycles. The molecule has 0 radical (unpaired) electrons. The third kappa shape index (κ3) is 3.42. The molecule has 16 heavy (non-hydrogen) atoms. The van der Waals surface area contributed by atoms with Gasteiger partial charge in [-0.3, -0.25) is 0 Å². The van der Waals surface area contributed by atoms with Crippen LogP contribution in [0.1, 0.15) is 38.2 Å². The van der Waals surface area contributed by atoms with Crippen LogP contribution in [0, 0.1) is 0 Å².